The maximum absolute atomic E-state index is 8.71. The van der Waals surface area contributed by atoms with Gasteiger partial charge in [-0.25, -0.2) is 0 Å². The van der Waals surface area contributed by atoms with E-state index >= 15 is 0 Å². The molecular weight excluding hydrogens is 184 g/mol. The molecule has 0 spiro atoms. The number of rotatable bonds is 6. The van der Waals surface area contributed by atoms with Gasteiger partial charge in [0, 0.05) is 0 Å². The van der Waals surface area contributed by atoms with Crippen molar-refractivity contribution in [3.63, 3.8) is 0 Å². The van der Waals surface area contributed by atoms with Crippen molar-refractivity contribution in [1.82, 2.24) is 0 Å². The summed E-state index contributed by atoms with van der Waals surface area (Å²) in [7, 11) is 0. The summed E-state index contributed by atoms with van der Waals surface area (Å²) in [5.41, 5.74) is 1.40. The van der Waals surface area contributed by atoms with Crippen LogP contribution in [0.1, 0.15) is 25.3 Å². The van der Waals surface area contributed by atoms with Crippen LogP contribution in [-0.4, -0.2) is 11.7 Å². The molecule has 15 heavy (non-hydrogen) atoms. The molecule has 1 aromatic carbocycles. The third kappa shape index (κ3) is 4.80. The fourth-order valence-electron chi connectivity index (χ4n) is 1.69. The van der Waals surface area contributed by atoms with Crippen molar-refractivity contribution in [3.8, 4) is 0 Å². The van der Waals surface area contributed by atoms with Crippen LogP contribution >= 0.6 is 0 Å². The van der Waals surface area contributed by atoms with Crippen molar-refractivity contribution in [3.05, 3.63) is 48.0 Å². The first-order valence-electron chi connectivity index (χ1n) is 5.68. The highest BCUT2D eigenvalue weighted by Crippen LogP contribution is 2.14. The molecule has 0 fully saturated rings. The van der Waals surface area contributed by atoms with Crippen LogP contribution in [0.25, 0.3) is 0 Å². The predicted molar refractivity (Wildman–Crippen MR) is 64.8 cm³/mol. The van der Waals surface area contributed by atoms with Gasteiger partial charge < -0.3 is 5.11 Å². The highest BCUT2D eigenvalue weighted by atomic mass is 16.2. The standard InChI is InChI=1S/C14H20O/c1-2-13(9-6-12-15)10-11-14-7-4-3-5-8-14/h3-9,13,15H,2,10-12H2,1H3/b9-6+/t13-/m1/s1. The van der Waals surface area contributed by atoms with Gasteiger partial charge in [-0.15, -0.1) is 0 Å². The lowest BCUT2D eigenvalue weighted by Crippen LogP contribution is -1.97. The molecule has 82 valence electrons. The molecule has 0 heterocycles. The van der Waals surface area contributed by atoms with E-state index in [0.717, 1.165) is 19.3 Å². The summed E-state index contributed by atoms with van der Waals surface area (Å²) in [4.78, 5) is 0. The maximum atomic E-state index is 8.71. The molecule has 0 aromatic heterocycles. The first-order chi connectivity index (χ1) is 7.36. The predicted octanol–water partition coefficient (Wildman–Crippen LogP) is 3.19. The molecule has 0 saturated carbocycles. The van der Waals surface area contributed by atoms with E-state index in [4.69, 9.17) is 5.11 Å². The first-order valence-corrected chi connectivity index (χ1v) is 5.68. The highest BCUT2D eigenvalue weighted by molar-refractivity contribution is 5.14. The maximum Gasteiger partial charge on any atom is 0.0612 e. The van der Waals surface area contributed by atoms with E-state index < -0.39 is 0 Å². The molecule has 1 atom stereocenters. The summed E-state index contributed by atoms with van der Waals surface area (Å²) in [6, 6.07) is 10.6. The molecule has 0 amide bonds. The van der Waals surface area contributed by atoms with Gasteiger partial charge in [0.05, 0.1) is 6.61 Å². The van der Waals surface area contributed by atoms with Crippen LogP contribution in [0.15, 0.2) is 42.5 Å². The first kappa shape index (κ1) is 12.0. The number of aliphatic hydroxyl groups excluding tert-OH is 1. The van der Waals surface area contributed by atoms with Gasteiger partial charge in [-0.1, -0.05) is 49.4 Å². The third-order valence-electron chi connectivity index (χ3n) is 2.68. The number of hydrogen-bond donors (Lipinski definition) is 1. The number of allylic oxidation sites excluding steroid dienone is 1. The summed E-state index contributed by atoms with van der Waals surface area (Å²) < 4.78 is 0. The summed E-state index contributed by atoms with van der Waals surface area (Å²) in [5, 5.41) is 8.71. The molecule has 0 aliphatic carbocycles. The molecule has 0 unspecified atom stereocenters. The van der Waals surface area contributed by atoms with Crippen LogP contribution in [-0.2, 0) is 6.42 Å². The smallest absolute Gasteiger partial charge is 0.0612 e. The van der Waals surface area contributed by atoms with Crippen molar-refractivity contribution in [2.24, 2.45) is 5.92 Å². The molecule has 0 radical (unpaired) electrons. The Balaban J connectivity index is 2.37. The van der Waals surface area contributed by atoms with E-state index in [-0.39, 0.29) is 6.61 Å². The van der Waals surface area contributed by atoms with Crippen LogP contribution in [0.4, 0.5) is 0 Å². The minimum atomic E-state index is 0.155. The van der Waals surface area contributed by atoms with Gasteiger partial charge in [0.1, 0.15) is 0 Å². The topological polar surface area (TPSA) is 20.2 Å². The Morgan fingerprint density at radius 3 is 2.60 bits per heavy atom. The van der Waals surface area contributed by atoms with E-state index in [2.05, 4.69) is 37.3 Å². The molecule has 1 nitrogen and oxygen atoms in total. The summed E-state index contributed by atoms with van der Waals surface area (Å²) in [5.74, 6) is 0.595. The molecule has 0 saturated heterocycles. The quantitative estimate of drug-likeness (QED) is 0.705. The second-order valence-electron chi connectivity index (χ2n) is 3.80. The van der Waals surface area contributed by atoms with Crippen LogP contribution in [0.2, 0.25) is 0 Å². The van der Waals surface area contributed by atoms with Crippen molar-refractivity contribution in [2.75, 3.05) is 6.61 Å². The Hall–Kier alpha value is -1.08. The van der Waals surface area contributed by atoms with Crippen LogP contribution in [0, 0.1) is 5.92 Å². The fraction of sp³-hybridized carbons (Fsp3) is 0.429. The minimum absolute atomic E-state index is 0.155. The lowest BCUT2D eigenvalue weighted by atomic mass is 9.97. The van der Waals surface area contributed by atoms with Gasteiger partial charge in [-0.3, -0.25) is 0 Å². The van der Waals surface area contributed by atoms with Crippen molar-refractivity contribution >= 4 is 0 Å². The monoisotopic (exact) mass is 204 g/mol. The Morgan fingerprint density at radius 1 is 1.27 bits per heavy atom. The third-order valence-corrected chi connectivity index (χ3v) is 2.68. The molecule has 1 heteroatoms. The summed E-state index contributed by atoms with van der Waals surface area (Å²) in [6.07, 6.45) is 7.40. The van der Waals surface area contributed by atoms with Crippen molar-refractivity contribution < 1.29 is 5.11 Å². The molecule has 0 aliphatic heterocycles. The Morgan fingerprint density at radius 2 is 2.00 bits per heavy atom. The minimum Gasteiger partial charge on any atom is -0.392 e. The van der Waals surface area contributed by atoms with Gasteiger partial charge in [0.15, 0.2) is 0 Å². The lowest BCUT2D eigenvalue weighted by molar-refractivity contribution is 0.341. The number of aryl methyl sites for hydroxylation is 1. The van der Waals surface area contributed by atoms with Gasteiger partial charge >= 0.3 is 0 Å². The molecule has 1 rings (SSSR count). The van der Waals surface area contributed by atoms with Crippen LogP contribution in [0.3, 0.4) is 0 Å². The van der Waals surface area contributed by atoms with E-state index in [1.54, 1.807) is 0 Å². The average Bonchev–Trinajstić information content (AvgIpc) is 2.31. The lowest BCUT2D eigenvalue weighted by Gasteiger charge is -2.09. The van der Waals surface area contributed by atoms with Crippen LogP contribution in [0.5, 0.6) is 0 Å². The number of hydrogen-bond acceptors (Lipinski definition) is 1. The Kier molecular flexibility index (Phi) is 5.79. The Bertz CT molecular complexity index is 277. The van der Waals surface area contributed by atoms with Crippen LogP contribution < -0.4 is 0 Å². The highest BCUT2D eigenvalue weighted by Gasteiger charge is 2.01. The summed E-state index contributed by atoms with van der Waals surface area (Å²) >= 11 is 0. The van der Waals surface area contributed by atoms with Gasteiger partial charge in [0.2, 0.25) is 0 Å². The van der Waals surface area contributed by atoms with Gasteiger partial charge in [0.25, 0.3) is 0 Å². The van der Waals surface area contributed by atoms with Crippen molar-refractivity contribution in [2.45, 2.75) is 26.2 Å². The van der Waals surface area contributed by atoms with Gasteiger partial charge in [-0.2, -0.15) is 0 Å². The molecule has 1 N–H and O–H groups in total. The van der Waals surface area contributed by atoms with Crippen molar-refractivity contribution in [1.29, 1.82) is 0 Å². The van der Waals surface area contributed by atoms with E-state index in [1.807, 2.05) is 12.1 Å². The molecule has 1 aromatic rings. The molecule has 0 aliphatic rings. The van der Waals surface area contributed by atoms with E-state index in [1.165, 1.54) is 5.56 Å². The largest absolute Gasteiger partial charge is 0.392 e. The van der Waals surface area contributed by atoms with Gasteiger partial charge in [-0.05, 0) is 30.7 Å². The second-order valence-corrected chi connectivity index (χ2v) is 3.80. The zero-order chi connectivity index (χ0) is 10.9. The zero-order valence-electron chi connectivity index (χ0n) is 9.39. The zero-order valence-corrected chi connectivity index (χ0v) is 9.39. The second kappa shape index (κ2) is 7.24. The average molecular weight is 204 g/mol. The SMILES string of the molecule is CC[C@H](/C=C/CO)CCc1ccccc1. The van der Waals surface area contributed by atoms with E-state index in [0.29, 0.717) is 5.92 Å². The fourth-order valence-corrected chi connectivity index (χ4v) is 1.69. The normalized spacial score (nSPS) is 13.2. The Labute approximate surface area is 92.5 Å². The van der Waals surface area contributed by atoms with E-state index in [9.17, 15) is 0 Å². The number of benzene rings is 1. The molecule has 0 bridgehead atoms. The number of aliphatic hydroxyl groups is 1. The summed E-state index contributed by atoms with van der Waals surface area (Å²) in [6.45, 7) is 2.35. The molecular formula is C14H20O.